The number of ether oxygens (including phenoxy) is 2. The summed E-state index contributed by atoms with van der Waals surface area (Å²) in [4.78, 5) is 19.9. The molecule has 4 rings (SSSR count). The van der Waals surface area contributed by atoms with E-state index < -0.39 is 0 Å². The average molecular weight is 382 g/mol. The van der Waals surface area contributed by atoms with E-state index in [1.807, 2.05) is 29.2 Å². The summed E-state index contributed by atoms with van der Waals surface area (Å²) in [6.07, 6.45) is 2.03. The van der Waals surface area contributed by atoms with Crippen LogP contribution in [0.1, 0.15) is 34.1 Å². The van der Waals surface area contributed by atoms with Crippen LogP contribution in [0.15, 0.2) is 42.5 Å². The maximum atomic E-state index is 13.2. The van der Waals surface area contributed by atoms with E-state index in [0.717, 1.165) is 29.9 Å². The molecule has 0 radical (unpaired) electrons. The van der Waals surface area contributed by atoms with Crippen LogP contribution in [-0.4, -0.2) is 43.1 Å². The van der Waals surface area contributed by atoms with Crippen molar-refractivity contribution in [3.8, 4) is 11.5 Å². The van der Waals surface area contributed by atoms with Gasteiger partial charge in [0.15, 0.2) is 11.5 Å². The van der Waals surface area contributed by atoms with Crippen molar-refractivity contribution in [1.82, 2.24) is 9.88 Å². The molecular weight excluding hydrogens is 360 g/mol. The van der Waals surface area contributed by atoms with E-state index in [2.05, 4.69) is 6.07 Å². The molecule has 5 nitrogen and oxygen atoms in total. The number of aromatic nitrogens is 1. The van der Waals surface area contributed by atoms with Gasteiger partial charge in [-0.05, 0) is 37.1 Å². The van der Waals surface area contributed by atoms with Gasteiger partial charge in [0.2, 0.25) is 0 Å². The number of hydrogen-bond donors (Lipinski definition) is 0. The molecule has 2 heterocycles. The molecule has 0 spiro atoms. The van der Waals surface area contributed by atoms with E-state index in [1.54, 1.807) is 37.7 Å². The monoisotopic (exact) mass is 382 g/mol. The molecule has 0 aliphatic carbocycles. The lowest BCUT2D eigenvalue weighted by Gasteiger charge is -2.32. The van der Waals surface area contributed by atoms with E-state index in [1.165, 1.54) is 4.70 Å². The van der Waals surface area contributed by atoms with Gasteiger partial charge in [-0.15, -0.1) is 11.3 Å². The van der Waals surface area contributed by atoms with Gasteiger partial charge in [0.05, 0.1) is 35.0 Å². The largest absolute Gasteiger partial charge is 0.493 e. The fraction of sp³-hybridized carbons (Fsp3) is 0.333. The minimum Gasteiger partial charge on any atom is -0.493 e. The third-order valence-corrected chi connectivity index (χ3v) is 6.20. The van der Waals surface area contributed by atoms with Crippen LogP contribution < -0.4 is 9.47 Å². The Morgan fingerprint density at radius 1 is 1.15 bits per heavy atom. The number of benzene rings is 2. The standard InChI is InChI=1S/C21H22N2O3S/c1-25-17-10-5-8-15(19(17)26-2)21(24)23-12-6-7-14(13-23)20-22-16-9-3-4-11-18(16)27-20/h3-5,8-11,14H,6-7,12-13H2,1-2H3/t14-/m1/s1. The van der Waals surface area contributed by atoms with Crippen molar-refractivity contribution in [2.75, 3.05) is 27.3 Å². The van der Waals surface area contributed by atoms with Crippen LogP contribution in [0.25, 0.3) is 10.2 Å². The minimum atomic E-state index is -0.0171. The zero-order valence-electron chi connectivity index (χ0n) is 15.5. The predicted molar refractivity (Wildman–Crippen MR) is 107 cm³/mol. The topological polar surface area (TPSA) is 51.7 Å². The Morgan fingerprint density at radius 2 is 2.00 bits per heavy atom. The van der Waals surface area contributed by atoms with Crippen LogP contribution in [0.3, 0.4) is 0 Å². The van der Waals surface area contributed by atoms with Gasteiger partial charge < -0.3 is 14.4 Å². The molecule has 1 amide bonds. The molecule has 1 aliphatic rings. The van der Waals surface area contributed by atoms with Crippen LogP contribution in [0.4, 0.5) is 0 Å². The van der Waals surface area contributed by atoms with Crippen molar-refractivity contribution in [2.45, 2.75) is 18.8 Å². The Bertz CT molecular complexity index is 936. The maximum absolute atomic E-state index is 13.2. The smallest absolute Gasteiger partial charge is 0.257 e. The number of hydrogen-bond acceptors (Lipinski definition) is 5. The summed E-state index contributed by atoms with van der Waals surface area (Å²) in [6, 6.07) is 13.6. The fourth-order valence-corrected chi connectivity index (χ4v) is 4.75. The Morgan fingerprint density at radius 3 is 2.78 bits per heavy atom. The number of nitrogens with zero attached hydrogens (tertiary/aromatic N) is 2. The van der Waals surface area contributed by atoms with Crippen LogP contribution in [0, 0.1) is 0 Å². The third-order valence-electron chi connectivity index (χ3n) is 5.00. The lowest BCUT2D eigenvalue weighted by molar-refractivity contribution is 0.0703. The van der Waals surface area contributed by atoms with Crippen molar-refractivity contribution in [3.05, 3.63) is 53.0 Å². The Hall–Kier alpha value is -2.60. The number of thiazole rings is 1. The average Bonchev–Trinajstić information content (AvgIpc) is 3.17. The van der Waals surface area contributed by atoms with E-state index in [0.29, 0.717) is 23.6 Å². The molecule has 3 aromatic rings. The van der Waals surface area contributed by atoms with Crippen molar-refractivity contribution >= 4 is 27.5 Å². The summed E-state index contributed by atoms with van der Waals surface area (Å²) in [5, 5.41) is 1.12. The van der Waals surface area contributed by atoms with Gasteiger partial charge in [0, 0.05) is 19.0 Å². The molecule has 0 N–H and O–H groups in total. The Kier molecular flexibility index (Phi) is 4.99. The predicted octanol–water partition coefficient (Wildman–Crippen LogP) is 4.33. The summed E-state index contributed by atoms with van der Waals surface area (Å²) in [6.45, 7) is 1.43. The first-order valence-electron chi connectivity index (χ1n) is 9.07. The van der Waals surface area contributed by atoms with Gasteiger partial charge in [-0.1, -0.05) is 18.2 Å². The number of carbonyl (C=O) groups excluding carboxylic acids is 1. The van der Waals surface area contributed by atoms with Gasteiger partial charge >= 0.3 is 0 Å². The van der Waals surface area contributed by atoms with Crippen LogP contribution in [0.2, 0.25) is 0 Å². The van der Waals surface area contributed by atoms with E-state index in [4.69, 9.17) is 14.5 Å². The number of amides is 1. The van der Waals surface area contributed by atoms with Crippen molar-refractivity contribution in [3.63, 3.8) is 0 Å². The molecule has 140 valence electrons. The van der Waals surface area contributed by atoms with Gasteiger partial charge in [-0.3, -0.25) is 4.79 Å². The van der Waals surface area contributed by atoms with E-state index in [-0.39, 0.29) is 11.8 Å². The molecule has 1 aromatic heterocycles. The molecule has 1 aliphatic heterocycles. The first-order chi connectivity index (χ1) is 13.2. The summed E-state index contributed by atoms with van der Waals surface area (Å²) < 4.78 is 12.0. The number of para-hydroxylation sites is 2. The number of carbonyl (C=O) groups is 1. The molecule has 1 atom stereocenters. The van der Waals surface area contributed by atoms with E-state index in [9.17, 15) is 4.79 Å². The van der Waals surface area contributed by atoms with Crippen molar-refractivity contribution < 1.29 is 14.3 Å². The molecule has 27 heavy (non-hydrogen) atoms. The zero-order chi connectivity index (χ0) is 18.8. The van der Waals surface area contributed by atoms with Crippen LogP contribution >= 0.6 is 11.3 Å². The van der Waals surface area contributed by atoms with E-state index >= 15 is 0 Å². The second-order valence-electron chi connectivity index (χ2n) is 6.65. The number of likely N-dealkylation sites (tertiary alicyclic amines) is 1. The van der Waals surface area contributed by atoms with Gasteiger partial charge in [-0.2, -0.15) is 0 Å². The van der Waals surface area contributed by atoms with Crippen LogP contribution in [-0.2, 0) is 0 Å². The van der Waals surface area contributed by atoms with Gasteiger partial charge in [-0.25, -0.2) is 4.98 Å². The fourth-order valence-electron chi connectivity index (χ4n) is 3.65. The second kappa shape index (κ2) is 7.56. The lowest BCUT2D eigenvalue weighted by Crippen LogP contribution is -2.39. The maximum Gasteiger partial charge on any atom is 0.257 e. The molecule has 0 bridgehead atoms. The molecule has 0 unspecified atom stereocenters. The highest BCUT2D eigenvalue weighted by Gasteiger charge is 2.29. The highest BCUT2D eigenvalue weighted by molar-refractivity contribution is 7.18. The van der Waals surface area contributed by atoms with Crippen LogP contribution in [0.5, 0.6) is 11.5 Å². The molecule has 0 saturated carbocycles. The molecule has 2 aromatic carbocycles. The van der Waals surface area contributed by atoms with Crippen molar-refractivity contribution in [2.24, 2.45) is 0 Å². The Balaban J connectivity index is 1.59. The number of methoxy groups -OCH3 is 2. The highest BCUT2D eigenvalue weighted by atomic mass is 32.1. The summed E-state index contributed by atoms with van der Waals surface area (Å²) in [5.41, 5.74) is 1.58. The summed E-state index contributed by atoms with van der Waals surface area (Å²) in [5.74, 6) is 1.32. The normalized spacial score (nSPS) is 17.1. The zero-order valence-corrected chi connectivity index (χ0v) is 16.3. The first-order valence-corrected chi connectivity index (χ1v) is 9.88. The first kappa shape index (κ1) is 17.8. The van der Waals surface area contributed by atoms with Gasteiger partial charge in [0.1, 0.15) is 0 Å². The third kappa shape index (κ3) is 3.37. The molecular formula is C21H22N2O3S. The highest BCUT2D eigenvalue weighted by Crippen LogP contribution is 2.35. The SMILES string of the molecule is COc1cccc(C(=O)N2CCC[C@@H](c3nc4ccccc4s3)C2)c1OC. The lowest BCUT2D eigenvalue weighted by atomic mass is 9.98. The summed E-state index contributed by atoms with van der Waals surface area (Å²) in [7, 11) is 3.14. The second-order valence-corrected chi connectivity index (χ2v) is 7.71. The number of rotatable bonds is 4. The molecule has 6 heteroatoms. The molecule has 1 fully saturated rings. The summed E-state index contributed by atoms with van der Waals surface area (Å²) >= 11 is 1.73. The molecule has 1 saturated heterocycles. The number of fused-ring (bicyclic) bond motifs is 1. The van der Waals surface area contributed by atoms with Gasteiger partial charge in [0.25, 0.3) is 5.91 Å². The quantitative estimate of drug-likeness (QED) is 0.674. The minimum absolute atomic E-state index is 0.0171. The number of piperidine rings is 1. The van der Waals surface area contributed by atoms with Crippen molar-refractivity contribution in [1.29, 1.82) is 0 Å². The Labute approximate surface area is 162 Å².